The average molecular weight is 373 g/mol. The van der Waals surface area contributed by atoms with Gasteiger partial charge in [-0.05, 0) is 30.5 Å². The second-order valence-corrected chi connectivity index (χ2v) is 5.91. The summed E-state index contributed by atoms with van der Waals surface area (Å²) in [6.45, 7) is 2.36. The first-order valence-electron chi connectivity index (χ1n) is 7.02. The van der Waals surface area contributed by atoms with Gasteiger partial charge in [-0.25, -0.2) is 4.79 Å². The van der Waals surface area contributed by atoms with Crippen LogP contribution in [0.25, 0.3) is 0 Å². The van der Waals surface area contributed by atoms with Crippen molar-refractivity contribution in [1.82, 2.24) is 10.6 Å². The molecule has 1 atom stereocenters. The maximum atomic E-state index is 11.5. The molecule has 2 amide bonds. The zero-order valence-electron chi connectivity index (χ0n) is 12.4. The summed E-state index contributed by atoms with van der Waals surface area (Å²) in [5, 5.41) is 23.0. The van der Waals surface area contributed by atoms with Gasteiger partial charge in [0, 0.05) is 30.1 Å². The molecule has 1 aromatic carbocycles. The number of benzene rings is 1. The van der Waals surface area contributed by atoms with Crippen LogP contribution in [-0.4, -0.2) is 41.9 Å². The molecule has 1 rings (SSSR count). The predicted octanol–water partition coefficient (Wildman–Crippen LogP) is 1.68. The number of nitrogens with one attached hydrogen (secondary N) is 2. The number of hydrogen-bond acceptors (Lipinski definition) is 3. The Morgan fingerprint density at radius 3 is 2.68 bits per heavy atom. The summed E-state index contributed by atoms with van der Waals surface area (Å²) in [5.74, 6) is -1.06. The highest BCUT2D eigenvalue weighted by Crippen LogP contribution is 2.21. The van der Waals surface area contributed by atoms with Crippen molar-refractivity contribution in [3.8, 4) is 0 Å². The Morgan fingerprint density at radius 2 is 2.05 bits per heavy atom. The van der Waals surface area contributed by atoms with Crippen molar-refractivity contribution < 1.29 is 19.8 Å². The average Bonchev–Trinajstić information content (AvgIpc) is 2.47. The molecular formula is C15H21BrN2O4. The molecule has 1 unspecified atom stereocenters. The summed E-state index contributed by atoms with van der Waals surface area (Å²) < 4.78 is 1.01. The normalized spacial score (nSPS) is 11.8. The molecule has 0 heterocycles. The van der Waals surface area contributed by atoms with E-state index < -0.39 is 12.0 Å². The number of hydrogen-bond donors (Lipinski definition) is 4. The van der Waals surface area contributed by atoms with Crippen LogP contribution >= 0.6 is 15.9 Å². The van der Waals surface area contributed by atoms with Crippen molar-refractivity contribution in [2.75, 3.05) is 19.7 Å². The van der Waals surface area contributed by atoms with Crippen molar-refractivity contribution in [1.29, 1.82) is 0 Å². The Hall–Kier alpha value is -1.60. The van der Waals surface area contributed by atoms with Crippen molar-refractivity contribution in [2.24, 2.45) is 5.92 Å². The molecule has 0 aliphatic carbocycles. The summed E-state index contributed by atoms with van der Waals surface area (Å²) in [6, 6.07) is 5.47. The highest BCUT2D eigenvalue weighted by Gasteiger charge is 2.13. The van der Waals surface area contributed by atoms with Gasteiger partial charge >= 0.3 is 12.0 Å². The van der Waals surface area contributed by atoms with Crippen LogP contribution in [0.1, 0.15) is 17.5 Å². The third kappa shape index (κ3) is 6.44. The molecule has 0 radical (unpaired) electrons. The minimum Gasteiger partial charge on any atom is -0.481 e. The molecule has 0 bridgehead atoms. The summed E-state index contributed by atoms with van der Waals surface area (Å²) in [7, 11) is 0. The van der Waals surface area contributed by atoms with E-state index in [1.807, 2.05) is 25.1 Å². The van der Waals surface area contributed by atoms with Crippen molar-refractivity contribution in [2.45, 2.75) is 19.8 Å². The first-order chi connectivity index (χ1) is 10.4. The van der Waals surface area contributed by atoms with Gasteiger partial charge in [0.15, 0.2) is 0 Å². The Morgan fingerprint density at radius 1 is 1.32 bits per heavy atom. The topological polar surface area (TPSA) is 98.7 Å². The number of halogens is 1. The highest BCUT2D eigenvalue weighted by atomic mass is 79.9. The zero-order valence-corrected chi connectivity index (χ0v) is 14.0. The lowest BCUT2D eigenvalue weighted by atomic mass is 9.96. The number of rotatable bonds is 8. The van der Waals surface area contributed by atoms with E-state index in [1.165, 1.54) is 0 Å². The standard InChI is InChI=1S/C15H21BrN2O4/c1-10-12(3-2-4-13(10)16)7-11(9-19)8-18-15(22)17-6-5-14(20)21/h2-4,11,19H,5-9H2,1H3,(H,20,21)(H2,17,18,22). The van der Waals surface area contributed by atoms with Crippen molar-refractivity contribution in [3.63, 3.8) is 0 Å². The Bertz CT molecular complexity index is 522. The molecule has 122 valence electrons. The minimum absolute atomic E-state index is 0.0403. The van der Waals surface area contributed by atoms with Gasteiger partial charge < -0.3 is 20.8 Å². The van der Waals surface area contributed by atoms with Gasteiger partial charge in [-0.15, -0.1) is 0 Å². The van der Waals surface area contributed by atoms with Crippen LogP contribution < -0.4 is 10.6 Å². The molecule has 0 fully saturated rings. The van der Waals surface area contributed by atoms with E-state index in [2.05, 4.69) is 26.6 Å². The molecule has 0 aliphatic heterocycles. The van der Waals surface area contributed by atoms with Crippen molar-refractivity contribution >= 4 is 27.9 Å². The predicted molar refractivity (Wildman–Crippen MR) is 86.8 cm³/mol. The van der Waals surface area contributed by atoms with E-state index in [4.69, 9.17) is 5.11 Å². The van der Waals surface area contributed by atoms with Crippen LogP contribution in [0.4, 0.5) is 4.79 Å². The van der Waals surface area contributed by atoms with Gasteiger partial charge in [0.25, 0.3) is 0 Å². The van der Waals surface area contributed by atoms with Gasteiger partial charge in [0.05, 0.1) is 6.42 Å². The lowest BCUT2D eigenvalue weighted by molar-refractivity contribution is -0.136. The van der Waals surface area contributed by atoms with Gasteiger partial charge in [0.1, 0.15) is 0 Å². The minimum atomic E-state index is -0.960. The number of urea groups is 1. The van der Waals surface area contributed by atoms with Gasteiger partial charge in [0.2, 0.25) is 0 Å². The number of carboxylic acid groups (broad SMARTS) is 1. The van der Waals surface area contributed by atoms with Gasteiger partial charge in [-0.1, -0.05) is 28.1 Å². The molecule has 1 aromatic rings. The monoisotopic (exact) mass is 372 g/mol. The van der Waals surface area contributed by atoms with E-state index in [0.717, 1.165) is 15.6 Å². The van der Waals surface area contributed by atoms with E-state index in [0.29, 0.717) is 13.0 Å². The van der Waals surface area contributed by atoms with E-state index >= 15 is 0 Å². The summed E-state index contributed by atoms with van der Waals surface area (Å²) >= 11 is 3.47. The number of amides is 2. The quantitative estimate of drug-likeness (QED) is 0.557. The Kier molecular flexibility index (Phi) is 7.90. The third-order valence-corrected chi connectivity index (χ3v) is 4.18. The second-order valence-electron chi connectivity index (χ2n) is 5.06. The molecule has 6 nitrogen and oxygen atoms in total. The van der Waals surface area contributed by atoms with Crippen LogP contribution in [0, 0.1) is 12.8 Å². The molecular weight excluding hydrogens is 352 g/mol. The van der Waals surface area contributed by atoms with Gasteiger partial charge in [-0.3, -0.25) is 4.79 Å². The number of aliphatic hydroxyl groups excluding tert-OH is 1. The summed E-state index contributed by atoms with van der Waals surface area (Å²) in [4.78, 5) is 21.9. The molecule has 4 N–H and O–H groups in total. The van der Waals surface area contributed by atoms with Crippen LogP contribution in [-0.2, 0) is 11.2 Å². The number of aliphatic carboxylic acids is 1. The fourth-order valence-corrected chi connectivity index (χ4v) is 2.38. The van der Waals surface area contributed by atoms with Crippen LogP contribution in [0.2, 0.25) is 0 Å². The number of aliphatic hydroxyl groups is 1. The molecule has 7 heteroatoms. The fraction of sp³-hybridized carbons (Fsp3) is 0.467. The van der Waals surface area contributed by atoms with E-state index in [9.17, 15) is 14.7 Å². The van der Waals surface area contributed by atoms with Gasteiger partial charge in [-0.2, -0.15) is 0 Å². The van der Waals surface area contributed by atoms with Crippen LogP contribution in [0.15, 0.2) is 22.7 Å². The Labute approximate surface area is 138 Å². The smallest absolute Gasteiger partial charge is 0.314 e. The number of carbonyl (C=O) groups excluding carboxylic acids is 1. The molecule has 0 saturated carbocycles. The second kappa shape index (κ2) is 9.42. The summed E-state index contributed by atoms with van der Waals surface area (Å²) in [5.41, 5.74) is 2.23. The fourth-order valence-electron chi connectivity index (χ4n) is 1.97. The molecule has 0 aliphatic rings. The highest BCUT2D eigenvalue weighted by molar-refractivity contribution is 9.10. The maximum absolute atomic E-state index is 11.5. The first kappa shape index (κ1) is 18.4. The van der Waals surface area contributed by atoms with E-state index in [-0.39, 0.29) is 25.5 Å². The SMILES string of the molecule is Cc1c(Br)cccc1CC(CO)CNC(=O)NCCC(=O)O. The van der Waals surface area contributed by atoms with Crippen molar-refractivity contribution in [3.05, 3.63) is 33.8 Å². The number of carbonyl (C=O) groups is 2. The third-order valence-electron chi connectivity index (χ3n) is 3.32. The maximum Gasteiger partial charge on any atom is 0.314 e. The first-order valence-corrected chi connectivity index (χ1v) is 7.81. The largest absolute Gasteiger partial charge is 0.481 e. The van der Waals surface area contributed by atoms with E-state index in [1.54, 1.807) is 0 Å². The molecule has 0 spiro atoms. The molecule has 0 aromatic heterocycles. The molecule has 0 saturated heterocycles. The molecule has 22 heavy (non-hydrogen) atoms. The lowest BCUT2D eigenvalue weighted by Crippen LogP contribution is -2.40. The lowest BCUT2D eigenvalue weighted by Gasteiger charge is -2.17. The van der Waals surface area contributed by atoms with Crippen LogP contribution in [0.5, 0.6) is 0 Å². The summed E-state index contributed by atoms with van der Waals surface area (Å²) in [6.07, 6.45) is 0.533. The van der Waals surface area contributed by atoms with Crippen LogP contribution in [0.3, 0.4) is 0 Å². The Balaban J connectivity index is 2.43. The zero-order chi connectivity index (χ0) is 16.5. The number of carboxylic acids is 1.